The van der Waals surface area contributed by atoms with Gasteiger partial charge in [0.25, 0.3) is 0 Å². The second-order valence-electron chi connectivity index (χ2n) is 4.27. The number of carbonyl (C=O) groups is 1. The van der Waals surface area contributed by atoms with Crippen molar-refractivity contribution in [1.82, 2.24) is 0 Å². The van der Waals surface area contributed by atoms with Crippen molar-refractivity contribution >= 4 is 5.78 Å². The number of aromatic hydroxyl groups is 1. The maximum Gasteiger partial charge on any atom is 0.162 e. The topological polar surface area (TPSA) is 37.3 Å². The van der Waals surface area contributed by atoms with Crippen molar-refractivity contribution in [3.63, 3.8) is 0 Å². The van der Waals surface area contributed by atoms with Crippen molar-refractivity contribution in [2.24, 2.45) is 0 Å². The molecule has 2 aromatic carbocycles. The lowest BCUT2D eigenvalue weighted by Gasteiger charge is -2.07. The molecule has 0 radical (unpaired) electrons. The lowest BCUT2D eigenvalue weighted by molar-refractivity contribution is 0.0982. The van der Waals surface area contributed by atoms with E-state index in [2.05, 4.69) is 0 Å². The predicted octanol–water partition coefficient (Wildman–Crippen LogP) is 4.04. The highest BCUT2D eigenvalue weighted by Gasteiger charge is 2.09. The quantitative estimate of drug-likeness (QED) is 0.819. The third kappa shape index (κ3) is 2.59. The second kappa shape index (κ2) is 5.50. The largest absolute Gasteiger partial charge is 0.507 e. The molecule has 0 spiro atoms. The van der Waals surface area contributed by atoms with E-state index in [0.29, 0.717) is 17.5 Å². The highest BCUT2D eigenvalue weighted by atomic mass is 16.3. The summed E-state index contributed by atoms with van der Waals surface area (Å²) in [5.41, 5.74) is 2.28. The van der Waals surface area contributed by atoms with Crippen LogP contribution in [0.2, 0.25) is 0 Å². The number of benzene rings is 2. The first-order chi connectivity index (χ1) is 8.72. The maximum atomic E-state index is 11.9. The van der Waals surface area contributed by atoms with E-state index in [1.807, 2.05) is 37.3 Å². The highest BCUT2D eigenvalue weighted by Crippen LogP contribution is 2.30. The number of ketones is 1. The first-order valence-electron chi connectivity index (χ1n) is 6.14. The number of rotatable bonds is 4. The molecule has 2 heteroatoms. The Kier molecular flexibility index (Phi) is 3.78. The normalized spacial score (nSPS) is 10.3. The van der Waals surface area contributed by atoms with E-state index < -0.39 is 0 Å². The number of phenolic OH excluding ortho intramolecular Hbond substituents is 1. The van der Waals surface area contributed by atoms with Gasteiger partial charge in [0.05, 0.1) is 0 Å². The van der Waals surface area contributed by atoms with Gasteiger partial charge in [0, 0.05) is 17.5 Å². The van der Waals surface area contributed by atoms with Crippen molar-refractivity contribution < 1.29 is 9.90 Å². The Hall–Kier alpha value is -2.09. The molecule has 2 aromatic rings. The molecule has 0 saturated heterocycles. The van der Waals surface area contributed by atoms with Crippen molar-refractivity contribution in [2.75, 3.05) is 0 Å². The standard InChI is InChI=1S/C16H16O2/c1-2-6-15(17)13-9-10-16(18)14(11-13)12-7-4-3-5-8-12/h3-5,7-11,18H,2,6H2,1H3. The number of hydrogen-bond acceptors (Lipinski definition) is 2. The average molecular weight is 240 g/mol. The van der Waals surface area contributed by atoms with Crippen LogP contribution in [0.1, 0.15) is 30.1 Å². The zero-order valence-corrected chi connectivity index (χ0v) is 10.4. The Balaban J connectivity index is 2.42. The lowest BCUT2D eigenvalue weighted by atomic mass is 9.99. The fourth-order valence-corrected chi connectivity index (χ4v) is 1.93. The molecule has 0 amide bonds. The van der Waals surface area contributed by atoms with E-state index in [4.69, 9.17) is 0 Å². The minimum Gasteiger partial charge on any atom is -0.507 e. The Morgan fingerprint density at radius 1 is 1.11 bits per heavy atom. The fourth-order valence-electron chi connectivity index (χ4n) is 1.93. The molecule has 0 aliphatic rings. The third-order valence-corrected chi connectivity index (χ3v) is 2.88. The first kappa shape index (κ1) is 12.4. The Labute approximate surface area is 107 Å². The molecule has 0 aromatic heterocycles. The van der Waals surface area contributed by atoms with E-state index in [1.54, 1.807) is 18.2 Å². The molecular weight excluding hydrogens is 224 g/mol. The zero-order chi connectivity index (χ0) is 13.0. The second-order valence-corrected chi connectivity index (χ2v) is 4.27. The predicted molar refractivity (Wildman–Crippen MR) is 72.8 cm³/mol. The van der Waals surface area contributed by atoms with Crippen LogP contribution in [-0.4, -0.2) is 10.9 Å². The van der Waals surface area contributed by atoms with E-state index in [9.17, 15) is 9.90 Å². The van der Waals surface area contributed by atoms with Crippen LogP contribution in [0.3, 0.4) is 0 Å². The maximum absolute atomic E-state index is 11.9. The molecule has 0 unspecified atom stereocenters. The average Bonchev–Trinajstić information content (AvgIpc) is 2.40. The van der Waals surface area contributed by atoms with E-state index in [1.165, 1.54) is 0 Å². The molecule has 0 aliphatic heterocycles. The van der Waals surface area contributed by atoms with E-state index in [0.717, 1.165) is 12.0 Å². The van der Waals surface area contributed by atoms with Gasteiger partial charge in [0.2, 0.25) is 0 Å². The van der Waals surface area contributed by atoms with Crippen LogP contribution in [0.25, 0.3) is 11.1 Å². The molecule has 0 atom stereocenters. The van der Waals surface area contributed by atoms with Gasteiger partial charge < -0.3 is 5.11 Å². The molecule has 0 fully saturated rings. The van der Waals surface area contributed by atoms with Gasteiger partial charge in [-0.2, -0.15) is 0 Å². The number of hydrogen-bond donors (Lipinski definition) is 1. The van der Waals surface area contributed by atoms with Gasteiger partial charge >= 0.3 is 0 Å². The third-order valence-electron chi connectivity index (χ3n) is 2.88. The SMILES string of the molecule is CCCC(=O)c1ccc(O)c(-c2ccccc2)c1. The summed E-state index contributed by atoms with van der Waals surface area (Å²) < 4.78 is 0. The highest BCUT2D eigenvalue weighted by molar-refractivity contribution is 5.97. The summed E-state index contributed by atoms with van der Waals surface area (Å²) in [5, 5.41) is 9.89. The summed E-state index contributed by atoms with van der Waals surface area (Å²) in [6.45, 7) is 1.98. The molecule has 18 heavy (non-hydrogen) atoms. The smallest absolute Gasteiger partial charge is 0.162 e. The van der Waals surface area contributed by atoms with Crippen LogP contribution >= 0.6 is 0 Å². The van der Waals surface area contributed by atoms with Crippen LogP contribution < -0.4 is 0 Å². The summed E-state index contributed by atoms with van der Waals surface area (Å²) >= 11 is 0. The van der Waals surface area contributed by atoms with Crippen molar-refractivity contribution in [1.29, 1.82) is 0 Å². The number of phenols is 1. The van der Waals surface area contributed by atoms with Gasteiger partial charge in [-0.1, -0.05) is 37.3 Å². The van der Waals surface area contributed by atoms with Crippen LogP contribution in [0.4, 0.5) is 0 Å². The van der Waals surface area contributed by atoms with E-state index in [-0.39, 0.29) is 11.5 Å². The molecule has 0 aliphatic carbocycles. The minimum atomic E-state index is 0.120. The zero-order valence-electron chi connectivity index (χ0n) is 10.4. The van der Waals surface area contributed by atoms with Crippen LogP contribution in [0, 0.1) is 0 Å². The summed E-state index contributed by atoms with van der Waals surface area (Å²) in [7, 11) is 0. The van der Waals surface area contributed by atoms with Gasteiger partial charge in [-0.15, -0.1) is 0 Å². The summed E-state index contributed by atoms with van der Waals surface area (Å²) in [5.74, 6) is 0.323. The summed E-state index contributed by atoms with van der Waals surface area (Å²) in [6.07, 6.45) is 1.37. The van der Waals surface area contributed by atoms with E-state index >= 15 is 0 Å². The van der Waals surface area contributed by atoms with Crippen molar-refractivity contribution in [3.8, 4) is 16.9 Å². The molecule has 0 heterocycles. The molecule has 92 valence electrons. The van der Waals surface area contributed by atoms with Crippen molar-refractivity contribution in [3.05, 3.63) is 54.1 Å². The van der Waals surface area contributed by atoms with Gasteiger partial charge in [-0.25, -0.2) is 0 Å². The summed E-state index contributed by atoms with van der Waals surface area (Å²) in [6, 6.07) is 14.6. The van der Waals surface area contributed by atoms with Crippen molar-refractivity contribution in [2.45, 2.75) is 19.8 Å². The Bertz CT molecular complexity index is 544. The van der Waals surface area contributed by atoms with Gasteiger partial charge in [0.15, 0.2) is 5.78 Å². The number of Topliss-reactive ketones (excluding diaryl/α,β-unsaturated/α-hetero) is 1. The first-order valence-corrected chi connectivity index (χ1v) is 6.14. The van der Waals surface area contributed by atoms with Crippen LogP contribution in [0.15, 0.2) is 48.5 Å². The Morgan fingerprint density at radius 2 is 1.83 bits per heavy atom. The lowest BCUT2D eigenvalue weighted by Crippen LogP contribution is -1.98. The van der Waals surface area contributed by atoms with Crippen LogP contribution in [-0.2, 0) is 0 Å². The van der Waals surface area contributed by atoms with Crippen LogP contribution in [0.5, 0.6) is 5.75 Å². The molecule has 0 bridgehead atoms. The molecule has 1 N–H and O–H groups in total. The van der Waals surface area contributed by atoms with Gasteiger partial charge in [-0.05, 0) is 30.2 Å². The molecule has 0 saturated carbocycles. The molecule has 2 nitrogen and oxygen atoms in total. The monoisotopic (exact) mass is 240 g/mol. The molecule has 2 rings (SSSR count). The molecular formula is C16H16O2. The number of carbonyl (C=O) groups excluding carboxylic acids is 1. The van der Waals surface area contributed by atoms with Gasteiger partial charge in [-0.3, -0.25) is 4.79 Å². The fraction of sp³-hybridized carbons (Fsp3) is 0.188. The minimum absolute atomic E-state index is 0.120. The summed E-state index contributed by atoms with van der Waals surface area (Å²) in [4.78, 5) is 11.9. The Morgan fingerprint density at radius 3 is 2.50 bits per heavy atom. The van der Waals surface area contributed by atoms with Gasteiger partial charge in [0.1, 0.15) is 5.75 Å².